The highest BCUT2D eigenvalue weighted by Crippen LogP contribution is 2.46. The van der Waals surface area contributed by atoms with Crippen LogP contribution >= 0.6 is 31.3 Å². The second kappa shape index (κ2) is 46.5. The Balaban J connectivity index is 0.000000199. The number of rotatable bonds is 47. The Kier molecular flexibility index (Phi) is 35.9. The predicted molar refractivity (Wildman–Crippen MR) is 475 cm³/mol. The number of hydrogen-bond acceptors (Lipinski definition) is 28. The van der Waals surface area contributed by atoms with Gasteiger partial charge in [0.1, 0.15) is 68.5 Å². The van der Waals surface area contributed by atoms with Crippen molar-refractivity contribution in [2.24, 2.45) is 15.0 Å². The van der Waals surface area contributed by atoms with Crippen molar-refractivity contribution in [1.29, 1.82) is 0 Å². The number of hydrogen-bond donors (Lipinski definition) is 13. The summed E-state index contributed by atoms with van der Waals surface area (Å²) < 4.78 is 88.4. The largest absolute Gasteiger partial charge is 0.524 e. The molecule has 0 spiro atoms. The van der Waals surface area contributed by atoms with Crippen LogP contribution in [0.2, 0.25) is 0 Å². The van der Waals surface area contributed by atoms with Crippen LogP contribution in [0.25, 0.3) is 65.8 Å². The number of ether oxygens (including phenoxy) is 3. The average Bonchev–Trinajstić information content (AvgIpc) is 1.62. The van der Waals surface area contributed by atoms with Crippen molar-refractivity contribution < 1.29 is 114 Å². The van der Waals surface area contributed by atoms with Crippen LogP contribution in [-0.2, 0) is 105 Å². The van der Waals surface area contributed by atoms with E-state index in [1.54, 1.807) is 0 Å². The Morgan fingerprint density at radius 3 is 1.02 bits per heavy atom. The molecule has 0 aliphatic rings. The lowest BCUT2D eigenvalue weighted by Gasteiger charge is -2.17. The van der Waals surface area contributed by atoms with Crippen molar-refractivity contribution in [3.05, 3.63) is 160 Å². The van der Waals surface area contributed by atoms with Gasteiger partial charge in [0.25, 0.3) is 0 Å². The van der Waals surface area contributed by atoms with Gasteiger partial charge in [0.2, 0.25) is 18.2 Å². The summed E-state index contributed by atoms with van der Waals surface area (Å²) in [7, 11) is -19.5. The van der Waals surface area contributed by atoms with E-state index >= 15 is 0 Å². The molecule has 0 fully saturated rings. The monoisotopic (exact) mass is 1830 g/mol. The van der Waals surface area contributed by atoms with Gasteiger partial charge in [-0.2, -0.15) is 0 Å². The number of aromatic hydroxyl groups is 2. The van der Waals surface area contributed by atoms with Crippen molar-refractivity contribution in [2.45, 2.75) is 156 Å². The first-order chi connectivity index (χ1) is 60.8. The Labute approximate surface area is 729 Å². The minimum absolute atomic E-state index is 0.0376. The number of aromatic nitrogens is 9. The summed E-state index contributed by atoms with van der Waals surface area (Å²) in [5.41, 5.74) is 28.9. The van der Waals surface area contributed by atoms with Crippen LogP contribution in [0, 0.1) is 0 Å². The molecule has 0 bridgehead atoms. The van der Waals surface area contributed by atoms with Crippen molar-refractivity contribution in [3.63, 3.8) is 0 Å². The van der Waals surface area contributed by atoms with Crippen LogP contribution in [-0.4, -0.2) is 170 Å². The number of aliphatic imine (C=N–C) groups is 3. The van der Waals surface area contributed by atoms with Crippen LogP contribution in [0.3, 0.4) is 0 Å². The quantitative estimate of drug-likeness (QED) is 0.00729. The summed E-state index contributed by atoms with van der Waals surface area (Å²) in [6.07, 6.45) is 18.2. The van der Waals surface area contributed by atoms with E-state index in [-0.39, 0.29) is 71.3 Å². The second-order valence-electron chi connectivity index (χ2n) is 29.6. The van der Waals surface area contributed by atoms with Gasteiger partial charge in [-0.15, -0.1) is 0 Å². The number of benzene rings is 6. The smallest absolute Gasteiger partial charge is 0.508 e. The summed E-state index contributed by atoms with van der Waals surface area (Å²) in [5, 5.41) is 23.3. The Hall–Kier alpha value is -11.2. The minimum atomic E-state index is -4.99. The number of isocyanates is 3. The molecule has 6 aromatic carbocycles. The van der Waals surface area contributed by atoms with Crippen LogP contribution in [0.4, 0.5) is 17.5 Å². The summed E-state index contributed by atoms with van der Waals surface area (Å²) in [4.78, 5) is 144. The summed E-state index contributed by atoms with van der Waals surface area (Å²) in [6.45, 7) is 10.8. The molecule has 0 atom stereocenters. The number of phosphoric acid groups is 4. The van der Waals surface area contributed by atoms with E-state index in [1.165, 1.54) is 66.8 Å². The number of anilines is 3. The third-order valence-electron chi connectivity index (χ3n) is 19.9. The molecule has 0 aliphatic carbocycles. The van der Waals surface area contributed by atoms with Crippen molar-refractivity contribution in [1.82, 2.24) is 43.6 Å². The summed E-state index contributed by atoms with van der Waals surface area (Å²) in [5.74, 6) is 2.31. The van der Waals surface area contributed by atoms with Crippen LogP contribution in [0.1, 0.15) is 149 Å². The predicted octanol–water partition coefficient (Wildman–Crippen LogP) is 13.0. The molecule has 678 valence electrons. The van der Waals surface area contributed by atoms with E-state index in [4.69, 9.17) is 64.5 Å². The number of phenols is 2. The van der Waals surface area contributed by atoms with E-state index in [9.17, 15) is 82.0 Å². The molecule has 0 amide bonds. The number of phenolic OH excluding ortho intramolecular Hbond substituents is 2. The molecule has 0 unspecified atom stereocenters. The molecule has 43 heteroatoms. The zero-order valence-electron chi connectivity index (χ0n) is 70.2. The molecule has 0 saturated carbocycles. The van der Waals surface area contributed by atoms with E-state index < -0.39 is 31.3 Å². The van der Waals surface area contributed by atoms with Gasteiger partial charge in [0, 0.05) is 91.8 Å². The fourth-order valence-electron chi connectivity index (χ4n) is 14.3. The Morgan fingerprint density at radius 1 is 0.362 bits per heavy atom. The lowest BCUT2D eigenvalue weighted by atomic mass is 10.1. The van der Waals surface area contributed by atoms with Gasteiger partial charge in [-0.1, -0.05) is 58.2 Å². The third-order valence-corrected chi connectivity index (χ3v) is 21.7. The number of imidazole rings is 3. The van der Waals surface area contributed by atoms with Gasteiger partial charge in [0.05, 0.1) is 72.4 Å². The van der Waals surface area contributed by atoms with Gasteiger partial charge in [0.15, 0.2) is 17.5 Å². The number of fused-ring (bicyclic) bond motifs is 9. The van der Waals surface area contributed by atoms with E-state index in [0.717, 1.165) is 132 Å². The normalized spacial score (nSPS) is 11.8. The van der Waals surface area contributed by atoms with Gasteiger partial charge in [-0.25, -0.2) is 77.5 Å². The number of aryl methyl sites for hydroxylation is 6. The fraction of sp³-hybridized carbons (Fsp3) is 0.393. The molecular formula is C84H103N15O24P4. The first kappa shape index (κ1) is 98.0. The number of nitrogen functional groups attached to an aromatic ring is 3. The number of carbonyl (C=O) groups excluding carboxylic acids is 3. The number of unbranched alkanes of at least 4 members (excludes halogenated alkanes) is 3. The second-order valence-corrected chi connectivity index (χ2v) is 34.3. The molecule has 0 aliphatic heterocycles. The minimum Gasteiger partial charge on any atom is -0.508 e. The molecule has 6 aromatic heterocycles. The zero-order chi connectivity index (χ0) is 91.4. The maximum absolute atomic E-state index is 11.8. The molecular weight excluding hydrogens is 1730 g/mol. The van der Waals surface area contributed by atoms with E-state index in [0.29, 0.717) is 166 Å². The molecule has 39 nitrogen and oxygen atoms in total. The standard InChI is InChI=1S/C28H35N5O10P2.2C28H34N5O7P/c1-2-3-7-25-32-26-27(33(25)17-20-16-21(42-44(35,36)37)9-11-24(20)43-45(38,39)40)22-15-19(8-10-23(22)31-28(26)29)6-4-13-41-14-5-12-30-18-34;1-2-3-7-25-32-26-27(33(25)17-20-16-21(9-11-24(20)35)40-41(36,37)38)22-15-19(8-10-23(22)31-28(26)29)6-4-13-39-14-5-12-30-18-34;1-2-3-7-25-32-26-27(33(25)17-20-16-21(35)9-11-24(20)40-41(36,37)38)22-15-19(8-10-23(22)31-28(26)29)6-4-13-39-14-5-12-30-18-34/h8-11,15-16H,2-7,12-14,17H2,1H3,(H2,29,31)(H2,35,36,37)(H2,38,39,40);2*8-11,15-16,35H,2-7,12-14,17H2,1H3,(H2,29,31)(H2,36,37,38). The average molecular weight is 1830 g/mol. The summed E-state index contributed by atoms with van der Waals surface area (Å²) >= 11 is 0. The van der Waals surface area contributed by atoms with Crippen molar-refractivity contribution >= 4 is 133 Å². The van der Waals surface area contributed by atoms with Gasteiger partial charge in [-0.05, 0) is 185 Å². The van der Waals surface area contributed by atoms with Gasteiger partial charge < -0.3 is 73.4 Å². The van der Waals surface area contributed by atoms with E-state index in [2.05, 4.69) is 55.9 Å². The fourth-order valence-corrected chi connectivity index (χ4v) is 15.9. The zero-order valence-corrected chi connectivity index (χ0v) is 73.8. The molecule has 12 rings (SSSR count). The number of pyridine rings is 3. The lowest BCUT2D eigenvalue weighted by Crippen LogP contribution is -2.08. The highest BCUT2D eigenvalue weighted by atomic mass is 31.2. The van der Waals surface area contributed by atoms with Crippen LogP contribution in [0.15, 0.2) is 124 Å². The maximum atomic E-state index is 11.8. The Bertz CT molecular complexity index is 6190. The summed E-state index contributed by atoms with van der Waals surface area (Å²) in [6, 6.07) is 29.5. The number of nitrogens with two attached hydrogens (primary N) is 3. The van der Waals surface area contributed by atoms with Gasteiger partial charge in [-0.3, -0.25) is 39.1 Å². The first-order valence-electron chi connectivity index (χ1n) is 41.1. The van der Waals surface area contributed by atoms with Crippen LogP contribution < -0.4 is 35.3 Å². The Morgan fingerprint density at radius 2 is 0.677 bits per heavy atom. The van der Waals surface area contributed by atoms with Gasteiger partial charge >= 0.3 is 31.3 Å². The maximum Gasteiger partial charge on any atom is 0.524 e. The van der Waals surface area contributed by atoms with Crippen molar-refractivity contribution in [2.75, 3.05) is 76.5 Å². The highest BCUT2D eigenvalue weighted by Gasteiger charge is 2.28. The van der Waals surface area contributed by atoms with Crippen molar-refractivity contribution in [3.8, 4) is 34.5 Å². The number of nitrogens with zero attached hydrogens (tertiary/aromatic N) is 12. The SMILES string of the molecule is CCCCc1nc2c(N)nc3ccc(CCCOCCCN=C=O)cc3c2n1Cc1cc(O)ccc1OP(=O)(O)O.CCCCc1nc2c(N)nc3ccc(CCCOCCCN=C=O)cc3c2n1Cc1cc(OP(=O)(O)O)ccc1O.CCCCc1nc2c(N)nc3ccc(CCCOCCCN=C=O)cc3c2n1Cc1cc(OP(=O)(O)O)ccc1OP(=O)(O)O. The van der Waals surface area contributed by atoms with E-state index in [1.807, 2.05) is 63.1 Å². The third kappa shape index (κ3) is 28.9. The molecule has 0 saturated heterocycles. The molecule has 6 heterocycles. The molecule has 12 aromatic rings. The first-order valence-corrected chi connectivity index (χ1v) is 47.2. The highest BCUT2D eigenvalue weighted by molar-refractivity contribution is 7.47. The number of phosphoric ester groups is 4. The van der Waals surface area contributed by atoms with Crippen LogP contribution in [0.5, 0.6) is 34.5 Å². The lowest BCUT2D eigenvalue weighted by molar-refractivity contribution is 0.131. The molecule has 16 N–H and O–H groups in total. The molecule has 127 heavy (non-hydrogen) atoms. The topological polar surface area (TPSA) is 594 Å². The molecule has 0 radical (unpaired) electrons.